The topological polar surface area (TPSA) is 105 Å². The molecule has 2 amide bonds. The Labute approximate surface area is 153 Å². The average Bonchev–Trinajstić information content (AvgIpc) is 2.66. The summed E-state index contributed by atoms with van der Waals surface area (Å²) >= 11 is 0. The molecule has 1 aromatic carbocycles. The van der Waals surface area contributed by atoms with Crippen LogP contribution in [-0.2, 0) is 19.6 Å². The molecular weight excluding hydrogens is 358 g/mol. The highest BCUT2D eigenvalue weighted by Crippen LogP contribution is 2.25. The van der Waals surface area contributed by atoms with Crippen LogP contribution >= 0.6 is 0 Å². The number of methoxy groups -OCH3 is 1. The minimum absolute atomic E-state index is 0.103. The zero-order valence-electron chi connectivity index (χ0n) is 15.0. The smallest absolute Gasteiger partial charge is 0.243 e. The lowest BCUT2D eigenvalue weighted by atomic mass is 9.99. The lowest BCUT2D eigenvalue weighted by molar-refractivity contribution is -0.129. The number of nitrogens with zero attached hydrogens (tertiary/aromatic N) is 1. The maximum Gasteiger partial charge on any atom is 0.243 e. The van der Waals surface area contributed by atoms with E-state index in [0.29, 0.717) is 31.7 Å². The van der Waals surface area contributed by atoms with Gasteiger partial charge in [-0.1, -0.05) is 0 Å². The third kappa shape index (κ3) is 4.95. The Morgan fingerprint density at radius 1 is 1.23 bits per heavy atom. The molecule has 1 atom stereocenters. The van der Waals surface area contributed by atoms with E-state index in [9.17, 15) is 18.0 Å². The van der Waals surface area contributed by atoms with Crippen LogP contribution in [0.3, 0.4) is 0 Å². The van der Waals surface area contributed by atoms with Gasteiger partial charge in [0.15, 0.2) is 0 Å². The van der Waals surface area contributed by atoms with Crippen molar-refractivity contribution in [2.45, 2.75) is 24.7 Å². The Bertz CT molecular complexity index is 733. The summed E-state index contributed by atoms with van der Waals surface area (Å²) in [4.78, 5) is 23.9. The van der Waals surface area contributed by atoms with Crippen molar-refractivity contribution in [2.24, 2.45) is 5.92 Å². The second kappa shape index (κ2) is 9.00. The first kappa shape index (κ1) is 20.2. The molecule has 2 N–H and O–H groups in total. The normalized spacial score (nSPS) is 18.2. The van der Waals surface area contributed by atoms with E-state index in [-0.39, 0.29) is 29.8 Å². The van der Waals surface area contributed by atoms with Crippen molar-refractivity contribution in [3.63, 3.8) is 0 Å². The van der Waals surface area contributed by atoms with Gasteiger partial charge in [0.05, 0.1) is 24.5 Å². The summed E-state index contributed by atoms with van der Waals surface area (Å²) in [5, 5.41) is 5.17. The fraction of sp³-hybridized carbons (Fsp3) is 0.529. The van der Waals surface area contributed by atoms with E-state index in [2.05, 4.69) is 10.6 Å². The molecule has 26 heavy (non-hydrogen) atoms. The molecular formula is C17H25N3O5S. The van der Waals surface area contributed by atoms with Crippen LogP contribution < -0.4 is 15.4 Å². The summed E-state index contributed by atoms with van der Waals surface area (Å²) in [7, 11) is -2.16. The summed E-state index contributed by atoms with van der Waals surface area (Å²) in [6.45, 7) is 2.66. The highest BCUT2D eigenvalue weighted by molar-refractivity contribution is 7.89. The van der Waals surface area contributed by atoms with E-state index in [1.807, 2.05) is 0 Å². The highest BCUT2D eigenvalue weighted by atomic mass is 32.2. The molecule has 1 aliphatic heterocycles. The summed E-state index contributed by atoms with van der Waals surface area (Å²) in [6, 6.07) is 6.17. The molecule has 0 saturated carbocycles. The molecule has 2 rings (SSSR count). The minimum Gasteiger partial charge on any atom is -0.497 e. The second-order valence-corrected chi connectivity index (χ2v) is 7.99. The van der Waals surface area contributed by atoms with E-state index < -0.39 is 15.9 Å². The minimum atomic E-state index is -3.67. The number of nitrogens with one attached hydrogen (secondary N) is 2. The number of hydrogen-bond donors (Lipinski definition) is 2. The van der Waals surface area contributed by atoms with Gasteiger partial charge in [-0.05, 0) is 44.0 Å². The first-order valence-corrected chi connectivity index (χ1v) is 10.0. The van der Waals surface area contributed by atoms with Crippen molar-refractivity contribution >= 4 is 21.8 Å². The summed E-state index contributed by atoms with van der Waals surface area (Å²) in [6.07, 6.45) is 1.19. The molecule has 1 saturated heterocycles. The van der Waals surface area contributed by atoms with E-state index in [1.54, 1.807) is 19.1 Å². The molecule has 1 heterocycles. The van der Waals surface area contributed by atoms with Gasteiger partial charge in [0.25, 0.3) is 0 Å². The van der Waals surface area contributed by atoms with Gasteiger partial charge >= 0.3 is 0 Å². The van der Waals surface area contributed by atoms with Crippen LogP contribution in [0.1, 0.15) is 19.8 Å². The third-order valence-corrected chi connectivity index (χ3v) is 6.13. The molecule has 0 aliphatic carbocycles. The maximum atomic E-state index is 12.8. The zero-order chi connectivity index (χ0) is 19.2. The van der Waals surface area contributed by atoms with Crippen molar-refractivity contribution in [1.82, 2.24) is 14.9 Å². The fourth-order valence-corrected chi connectivity index (χ4v) is 4.37. The molecule has 1 aromatic rings. The number of likely N-dealkylation sites (N-methyl/N-ethyl adjacent to an activating group) is 1. The lowest BCUT2D eigenvalue weighted by Gasteiger charge is -2.31. The van der Waals surface area contributed by atoms with E-state index >= 15 is 0 Å². The average molecular weight is 383 g/mol. The quantitative estimate of drug-likeness (QED) is 0.707. The molecule has 0 bridgehead atoms. The molecule has 0 aromatic heterocycles. The number of rotatable bonds is 7. The van der Waals surface area contributed by atoms with Gasteiger partial charge in [-0.25, -0.2) is 8.42 Å². The van der Waals surface area contributed by atoms with Crippen molar-refractivity contribution < 1.29 is 22.7 Å². The van der Waals surface area contributed by atoms with Crippen LogP contribution in [0.15, 0.2) is 29.2 Å². The van der Waals surface area contributed by atoms with Crippen LogP contribution in [-0.4, -0.2) is 57.8 Å². The van der Waals surface area contributed by atoms with Crippen molar-refractivity contribution in [3.05, 3.63) is 24.3 Å². The van der Waals surface area contributed by atoms with Crippen LogP contribution in [0, 0.1) is 5.92 Å². The molecule has 0 spiro atoms. The number of hydrogen-bond acceptors (Lipinski definition) is 5. The van der Waals surface area contributed by atoms with Crippen LogP contribution in [0.25, 0.3) is 0 Å². The van der Waals surface area contributed by atoms with Gasteiger partial charge in [0.1, 0.15) is 5.75 Å². The SMILES string of the molecule is CCNC(=O)CNC(=O)[C@H]1CCCN(S(=O)(=O)c2ccc(OC)cc2)C1. The largest absolute Gasteiger partial charge is 0.497 e. The zero-order valence-corrected chi connectivity index (χ0v) is 15.8. The number of carbonyl (C=O) groups is 2. The molecule has 9 heteroatoms. The molecule has 8 nitrogen and oxygen atoms in total. The molecule has 1 fully saturated rings. The van der Waals surface area contributed by atoms with Crippen LogP contribution in [0.5, 0.6) is 5.75 Å². The van der Waals surface area contributed by atoms with Gasteiger partial charge < -0.3 is 15.4 Å². The first-order valence-electron chi connectivity index (χ1n) is 8.57. The number of sulfonamides is 1. The Kier molecular flexibility index (Phi) is 6.98. The molecule has 0 unspecified atom stereocenters. The molecule has 1 aliphatic rings. The number of amides is 2. The number of benzene rings is 1. The Morgan fingerprint density at radius 2 is 1.92 bits per heavy atom. The summed E-state index contributed by atoms with van der Waals surface area (Å²) < 4.78 is 32.0. The Morgan fingerprint density at radius 3 is 2.54 bits per heavy atom. The second-order valence-electron chi connectivity index (χ2n) is 6.05. The number of ether oxygens (including phenoxy) is 1. The monoisotopic (exact) mass is 383 g/mol. The Balaban J connectivity index is 2.01. The Hall–Kier alpha value is -2.13. The predicted molar refractivity (Wildman–Crippen MR) is 96.2 cm³/mol. The third-order valence-electron chi connectivity index (χ3n) is 4.25. The van der Waals surface area contributed by atoms with Crippen LogP contribution in [0.4, 0.5) is 0 Å². The van der Waals surface area contributed by atoms with Gasteiger partial charge in [-0.15, -0.1) is 0 Å². The van der Waals surface area contributed by atoms with Gasteiger partial charge in [0.2, 0.25) is 21.8 Å². The van der Waals surface area contributed by atoms with Gasteiger partial charge in [-0.2, -0.15) is 4.31 Å². The maximum absolute atomic E-state index is 12.8. The van der Waals surface area contributed by atoms with Gasteiger partial charge in [-0.3, -0.25) is 9.59 Å². The van der Waals surface area contributed by atoms with E-state index in [1.165, 1.54) is 23.5 Å². The van der Waals surface area contributed by atoms with E-state index in [4.69, 9.17) is 4.74 Å². The summed E-state index contributed by atoms with van der Waals surface area (Å²) in [5.74, 6) is -0.457. The standard InChI is InChI=1S/C17H25N3O5S/c1-3-18-16(21)11-19-17(22)13-5-4-10-20(12-13)26(23,24)15-8-6-14(25-2)7-9-15/h6-9,13H,3-5,10-12H2,1-2H3,(H,18,21)(H,19,22)/t13-/m0/s1. The fourth-order valence-electron chi connectivity index (χ4n) is 2.84. The first-order chi connectivity index (χ1) is 12.4. The number of piperidine rings is 1. The van der Waals surface area contributed by atoms with Crippen LogP contribution in [0.2, 0.25) is 0 Å². The van der Waals surface area contributed by atoms with Crippen molar-refractivity contribution in [2.75, 3.05) is 33.3 Å². The summed E-state index contributed by atoms with van der Waals surface area (Å²) in [5.41, 5.74) is 0. The van der Waals surface area contributed by atoms with Crippen molar-refractivity contribution in [3.8, 4) is 5.75 Å². The van der Waals surface area contributed by atoms with Crippen molar-refractivity contribution in [1.29, 1.82) is 0 Å². The lowest BCUT2D eigenvalue weighted by Crippen LogP contribution is -2.47. The highest BCUT2D eigenvalue weighted by Gasteiger charge is 2.33. The van der Waals surface area contributed by atoms with Gasteiger partial charge in [0, 0.05) is 19.6 Å². The van der Waals surface area contributed by atoms with E-state index in [0.717, 1.165) is 0 Å². The number of carbonyl (C=O) groups excluding carboxylic acids is 2. The molecule has 144 valence electrons. The molecule has 0 radical (unpaired) electrons. The predicted octanol–water partition coefficient (Wildman–Crippen LogP) is 0.348.